The van der Waals surface area contributed by atoms with E-state index in [0.29, 0.717) is 18.1 Å². The van der Waals surface area contributed by atoms with Crippen LogP contribution in [-0.2, 0) is 50.7 Å². The SMILES string of the molecule is CC(C)CCCCCCCC(=O)SCCNC(=O)CCNC(=O)[C@H](O)C(C)(C)COP(=O)([O-])OP(=O)([O-])OC[C@H]1O[C@@H](n2cnc3c(N)ncnc32)[C@H](O)[C@@H]1OP(=O)([O-])[O-]. The van der Waals surface area contributed by atoms with Gasteiger partial charge in [0.1, 0.15) is 36.3 Å². The lowest BCUT2D eigenvalue weighted by Crippen LogP contribution is -2.46. The minimum Gasteiger partial charge on any atom is -0.790 e. The molecule has 0 aliphatic carbocycles. The summed E-state index contributed by atoms with van der Waals surface area (Å²) in [5, 5.41) is 26.4. The van der Waals surface area contributed by atoms with E-state index >= 15 is 0 Å². The molecular formula is C32H52N7O17P3S-4. The molecule has 3 rings (SSSR count). The first kappa shape index (κ1) is 51.9. The number of imidazole rings is 1. The number of rotatable bonds is 27. The van der Waals surface area contributed by atoms with E-state index in [4.69, 9.17) is 10.5 Å². The highest BCUT2D eigenvalue weighted by Gasteiger charge is 2.47. The van der Waals surface area contributed by atoms with Crippen molar-refractivity contribution in [2.45, 2.75) is 110 Å². The van der Waals surface area contributed by atoms with E-state index in [-0.39, 0.29) is 41.6 Å². The van der Waals surface area contributed by atoms with E-state index < -0.39 is 84.6 Å². The van der Waals surface area contributed by atoms with E-state index in [1.807, 2.05) is 0 Å². The predicted molar refractivity (Wildman–Crippen MR) is 205 cm³/mol. The van der Waals surface area contributed by atoms with Crippen molar-refractivity contribution in [2.75, 3.05) is 37.8 Å². The average Bonchev–Trinajstić information content (AvgIpc) is 3.70. The fourth-order valence-corrected chi connectivity index (χ4v) is 9.15. The Hall–Kier alpha value is -2.44. The molecule has 28 heteroatoms. The standard InChI is InChI=1S/C32H56N7O17P3S/c1-20(2)10-8-6-5-7-9-11-23(41)60-15-14-34-22(40)12-13-35-30(44)27(43)32(3,4)17-53-59(50,51)56-58(48,49)52-16-21-26(55-57(45,46)47)25(42)31(54-21)39-19-38-24-28(33)36-18-37-29(24)39/h18-21,25-27,31,42-43H,5-17H2,1-4H3,(H,34,40)(H,35,44)(H,48,49)(H,50,51)(H2,33,36,37)(H2,45,46,47)/p-4/t21-,25-,26-,27+,31-/m1/s1. The molecule has 60 heavy (non-hydrogen) atoms. The second kappa shape index (κ2) is 23.3. The molecular weight excluding hydrogens is 879 g/mol. The van der Waals surface area contributed by atoms with Gasteiger partial charge >= 0.3 is 0 Å². The summed E-state index contributed by atoms with van der Waals surface area (Å²) in [6, 6.07) is 0. The number of thioether (sulfide) groups is 1. The maximum Gasteiger partial charge on any atom is 0.274 e. The zero-order valence-corrected chi connectivity index (χ0v) is 36.9. The molecule has 0 aromatic carbocycles. The fourth-order valence-electron chi connectivity index (χ4n) is 5.70. The second-order valence-corrected chi connectivity index (χ2v) is 20.1. The number of phosphoric ester groups is 3. The molecule has 0 spiro atoms. The lowest BCUT2D eigenvalue weighted by molar-refractivity contribution is -0.347. The van der Waals surface area contributed by atoms with Crippen molar-refractivity contribution in [3.8, 4) is 0 Å². The van der Waals surface area contributed by atoms with Crippen LogP contribution < -0.4 is 35.9 Å². The average molecular weight is 932 g/mol. The summed E-state index contributed by atoms with van der Waals surface area (Å²) < 4.78 is 60.6. The van der Waals surface area contributed by atoms with E-state index in [1.54, 1.807) is 0 Å². The number of aliphatic hydroxyl groups is 2. The van der Waals surface area contributed by atoms with Gasteiger partial charge in [0.15, 0.2) is 22.8 Å². The highest BCUT2D eigenvalue weighted by atomic mass is 32.2. The maximum absolute atomic E-state index is 12.6. The third-order valence-corrected chi connectivity index (χ3v) is 12.8. The molecule has 6 N–H and O–H groups in total. The van der Waals surface area contributed by atoms with Crippen LogP contribution in [0.1, 0.15) is 85.3 Å². The fraction of sp³-hybridized carbons (Fsp3) is 0.750. The number of anilines is 1. The number of fused-ring (bicyclic) bond motifs is 1. The number of phosphoric acid groups is 3. The molecule has 1 saturated heterocycles. The molecule has 342 valence electrons. The molecule has 7 atom stereocenters. The summed E-state index contributed by atoms with van der Waals surface area (Å²) in [6.45, 7) is 4.55. The Labute approximate surface area is 350 Å². The monoisotopic (exact) mass is 931 g/mol. The summed E-state index contributed by atoms with van der Waals surface area (Å²) in [5.41, 5.74) is 4.08. The van der Waals surface area contributed by atoms with Crippen LogP contribution in [0.2, 0.25) is 0 Å². The summed E-state index contributed by atoms with van der Waals surface area (Å²) in [4.78, 5) is 96.4. The van der Waals surface area contributed by atoms with Gasteiger partial charge in [0.05, 0.1) is 27.4 Å². The van der Waals surface area contributed by atoms with Crippen LogP contribution in [0.25, 0.3) is 11.2 Å². The van der Waals surface area contributed by atoms with Crippen molar-refractivity contribution in [1.82, 2.24) is 30.2 Å². The highest BCUT2D eigenvalue weighted by Crippen LogP contribution is 2.56. The number of nitrogen functional groups attached to an aromatic ring is 1. The van der Waals surface area contributed by atoms with Gasteiger partial charge in [0, 0.05) is 37.1 Å². The van der Waals surface area contributed by atoms with E-state index in [9.17, 15) is 57.9 Å². The molecule has 2 aromatic heterocycles. The van der Waals surface area contributed by atoms with E-state index in [1.165, 1.54) is 26.7 Å². The number of aliphatic hydroxyl groups excluding tert-OH is 2. The Morgan fingerprint density at radius 3 is 2.33 bits per heavy atom. The minimum atomic E-state index is -5.91. The third-order valence-electron chi connectivity index (χ3n) is 8.90. The third kappa shape index (κ3) is 17.4. The van der Waals surface area contributed by atoms with E-state index in [2.05, 4.69) is 57.3 Å². The second-order valence-electron chi connectivity index (χ2n) is 14.9. The Morgan fingerprint density at radius 2 is 1.65 bits per heavy atom. The molecule has 1 aliphatic rings. The van der Waals surface area contributed by atoms with Crippen LogP contribution in [0.3, 0.4) is 0 Å². The van der Waals surface area contributed by atoms with E-state index in [0.717, 1.165) is 54.7 Å². The van der Waals surface area contributed by atoms with Gasteiger partial charge in [-0.25, -0.2) is 19.3 Å². The molecule has 0 bridgehead atoms. The predicted octanol–water partition coefficient (Wildman–Crippen LogP) is -0.477. The van der Waals surface area contributed by atoms with Crippen LogP contribution in [0.15, 0.2) is 12.7 Å². The molecule has 2 unspecified atom stereocenters. The van der Waals surface area contributed by atoms with Crippen molar-refractivity contribution in [3.63, 3.8) is 0 Å². The molecule has 1 aliphatic heterocycles. The van der Waals surface area contributed by atoms with Crippen LogP contribution in [0.5, 0.6) is 0 Å². The van der Waals surface area contributed by atoms with Crippen molar-refractivity contribution >= 4 is 69.1 Å². The first-order valence-corrected chi connectivity index (χ1v) is 24.3. The number of hydrogen-bond donors (Lipinski definition) is 5. The number of amides is 2. The summed E-state index contributed by atoms with van der Waals surface area (Å²) in [6.07, 6.45) is -0.615. The Morgan fingerprint density at radius 1 is 0.983 bits per heavy atom. The van der Waals surface area contributed by atoms with Gasteiger partial charge in [-0.15, -0.1) is 0 Å². The van der Waals surface area contributed by atoms with Gasteiger partial charge in [-0.1, -0.05) is 71.6 Å². The van der Waals surface area contributed by atoms with Gasteiger partial charge in [0.2, 0.25) is 11.8 Å². The number of carbonyl (C=O) groups is 3. The molecule has 0 saturated carbocycles. The van der Waals surface area contributed by atoms with Gasteiger partial charge in [-0.2, -0.15) is 0 Å². The largest absolute Gasteiger partial charge is 0.790 e. The number of carbonyl (C=O) groups excluding carboxylic acids is 3. The number of ether oxygens (including phenoxy) is 1. The topological polar surface area (TPSA) is 375 Å². The lowest BCUT2D eigenvalue weighted by Gasteiger charge is -2.36. The van der Waals surface area contributed by atoms with Gasteiger partial charge in [-0.3, -0.25) is 28.1 Å². The molecule has 2 aromatic rings. The Kier molecular flexibility index (Phi) is 20.2. The minimum absolute atomic E-state index is 0.0191. The number of nitrogens with one attached hydrogen (secondary N) is 2. The van der Waals surface area contributed by atoms with Crippen LogP contribution in [0, 0.1) is 11.3 Å². The summed E-state index contributed by atoms with van der Waals surface area (Å²) in [7, 11) is -17.6. The Balaban J connectivity index is 1.40. The molecule has 2 amide bonds. The van der Waals surface area contributed by atoms with Crippen LogP contribution >= 0.6 is 35.2 Å². The number of unbranched alkanes of at least 4 members (excludes halogenated alkanes) is 4. The van der Waals surface area contributed by atoms with Crippen molar-refractivity contribution < 1.29 is 80.5 Å². The number of nitrogens with two attached hydrogens (primary N) is 1. The molecule has 3 heterocycles. The zero-order valence-electron chi connectivity index (χ0n) is 33.4. The van der Waals surface area contributed by atoms with Crippen molar-refractivity contribution in [3.05, 3.63) is 12.7 Å². The van der Waals surface area contributed by atoms with Crippen LogP contribution in [-0.4, -0.2) is 103 Å². The smallest absolute Gasteiger partial charge is 0.274 e. The normalized spacial score (nSPS) is 21.1. The quantitative estimate of drug-likeness (QED) is 0.0558. The number of nitrogens with zero attached hydrogens (tertiary/aromatic N) is 4. The van der Waals surface area contributed by atoms with Gasteiger partial charge in [0.25, 0.3) is 15.6 Å². The van der Waals surface area contributed by atoms with Crippen molar-refractivity contribution in [1.29, 1.82) is 0 Å². The Bertz CT molecular complexity index is 1890. The van der Waals surface area contributed by atoms with Gasteiger partial charge < -0.3 is 69.0 Å². The summed E-state index contributed by atoms with van der Waals surface area (Å²) >= 11 is 1.13. The summed E-state index contributed by atoms with van der Waals surface area (Å²) in [5.74, 6) is -0.448. The molecule has 1 fully saturated rings. The first-order valence-electron chi connectivity index (χ1n) is 18.9. The van der Waals surface area contributed by atoms with Crippen LogP contribution in [0.4, 0.5) is 5.82 Å². The lowest BCUT2D eigenvalue weighted by atomic mass is 9.87. The molecule has 0 radical (unpaired) electrons. The van der Waals surface area contributed by atoms with Crippen molar-refractivity contribution in [2.24, 2.45) is 11.3 Å². The first-order chi connectivity index (χ1) is 27.9. The number of aromatic nitrogens is 4. The molecule has 24 nitrogen and oxygen atoms in total. The maximum atomic E-state index is 12.6. The number of hydrogen-bond acceptors (Lipinski definition) is 22. The van der Waals surface area contributed by atoms with Gasteiger partial charge in [-0.05, 0) is 12.3 Å². The highest BCUT2D eigenvalue weighted by molar-refractivity contribution is 8.13. The zero-order chi connectivity index (χ0) is 44.9.